The van der Waals surface area contributed by atoms with Gasteiger partial charge in [-0.15, -0.1) is 0 Å². The van der Waals surface area contributed by atoms with Crippen LogP contribution in [0, 0.1) is 5.41 Å². The first-order chi connectivity index (χ1) is 10.1. The Morgan fingerprint density at radius 3 is 2.14 bits per heavy atom. The molecule has 0 saturated carbocycles. The lowest BCUT2D eigenvalue weighted by Crippen LogP contribution is -2.66. The third kappa shape index (κ3) is 3.83. The first-order valence-electron chi connectivity index (χ1n) is 7.86. The molecule has 116 valence electrons. The Balaban J connectivity index is 0.000000774. The van der Waals surface area contributed by atoms with Gasteiger partial charge in [-0.2, -0.15) is 0 Å². The molecule has 0 atom stereocenters. The number of rotatable bonds is 4. The number of nitrogens with zero attached hydrogens (tertiary/aromatic N) is 2. The van der Waals surface area contributed by atoms with Crippen molar-refractivity contribution < 1.29 is 4.74 Å². The summed E-state index contributed by atoms with van der Waals surface area (Å²) < 4.78 is 5.94. The average molecular weight is 289 g/mol. The van der Waals surface area contributed by atoms with Gasteiger partial charge in [0, 0.05) is 37.9 Å². The molecule has 1 aromatic carbocycles. The summed E-state index contributed by atoms with van der Waals surface area (Å²) in [5.74, 6) is 0.917. The quantitative estimate of drug-likeness (QED) is 0.866. The van der Waals surface area contributed by atoms with E-state index >= 15 is 0 Å². The van der Waals surface area contributed by atoms with Crippen molar-refractivity contribution in [2.24, 2.45) is 0 Å². The summed E-state index contributed by atoms with van der Waals surface area (Å²) >= 11 is 0. The lowest BCUT2D eigenvalue weighted by Gasteiger charge is -2.50. The number of nitrogens with one attached hydrogen (secondary N) is 1. The van der Waals surface area contributed by atoms with Crippen LogP contribution in [-0.2, 0) is 0 Å². The van der Waals surface area contributed by atoms with Crippen molar-refractivity contribution in [2.75, 3.05) is 33.2 Å². The van der Waals surface area contributed by atoms with E-state index < -0.39 is 0 Å². The molecule has 0 spiro atoms. The van der Waals surface area contributed by atoms with Crippen LogP contribution in [0.15, 0.2) is 24.3 Å². The lowest BCUT2D eigenvalue weighted by molar-refractivity contribution is -0.0537. The number of likely N-dealkylation sites (N-methyl/N-ethyl adjacent to an activating group) is 1. The second-order valence-electron chi connectivity index (χ2n) is 5.72. The molecule has 3 rings (SSSR count). The third-order valence-corrected chi connectivity index (χ3v) is 4.03. The standard InChI is InChI=1S/C15H21N3O.C2H6/c1-11(16)12-3-5-14(6-4-12)19-15-9-18(10-15)13-7-17(2)8-13;1-2/h3-6,13,15-16H,7-10H2,1-2H3;1-2H3. The van der Waals surface area contributed by atoms with Gasteiger partial charge in [-0.1, -0.05) is 13.8 Å². The van der Waals surface area contributed by atoms with Crippen molar-refractivity contribution in [2.45, 2.75) is 32.9 Å². The fourth-order valence-electron chi connectivity index (χ4n) is 2.72. The number of hydrogen-bond acceptors (Lipinski definition) is 4. The zero-order chi connectivity index (χ0) is 15.4. The van der Waals surface area contributed by atoms with E-state index in [0.717, 1.165) is 30.4 Å². The van der Waals surface area contributed by atoms with Crippen LogP contribution < -0.4 is 4.74 Å². The van der Waals surface area contributed by atoms with E-state index in [1.807, 2.05) is 38.1 Å². The van der Waals surface area contributed by atoms with E-state index in [1.165, 1.54) is 13.1 Å². The van der Waals surface area contributed by atoms with Crippen molar-refractivity contribution in [1.82, 2.24) is 9.80 Å². The van der Waals surface area contributed by atoms with Crippen LogP contribution >= 0.6 is 0 Å². The maximum atomic E-state index is 7.56. The summed E-state index contributed by atoms with van der Waals surface area (Å²) in [4.78, 5) is 4.85. The molecule has 2 fully saturated rings. The zero-order valence-corrected chi connectivity index (χ0v) is 13.6. The van der Waals surface area contributed by atoms with E-state index in [0.29, 0.717) is 11.8 Å². The molecule has 0 bridgehead atoms. The maximum Gasteiger partial charge on any atom is 0.124 e. The normalized spacial score (nSPS) is 20.0. The van der Waals surface area contributed by atoms with Gasteiger partial charge < -0.3 is 15.0 Å². The molecule has 0 aromatic heterocycles. The fourth-order valence-corrected chi connectivity index (χ4v) is 2.72. The molecule has 0 radical (unpaired) electrons. The van der Waals surface area contributed by atoms with Crippen LogP contribution in [0.1, 0.15) is 26.3 Å². The molecule has 2 saturated heterocycles. The zero-order valence-electron chi connectivity index (χ0n) is 13.6. The van der Waals surface area contributed by atoms with E-state index in [-0.39, 0.29) is 0 Å². The van der Waals surface area contributed by atoms with Crippen molar-refractivity contribution in [1.29, 1.82) is 5.41 Å². The molecule has 2 heterocycles. The lowest BCUT2D eigenvalue weighted by atomic mass is 10.0. The molecule has 1 N–H and O–H groups in total. The largest absolute Gasteiger partial charge is 0.488 e. The van der Waals surface area contributed by atoms with Crippen molar-refractivity contribution in [3.05, 3.63) is 29.8 Å². The number of ether oxygens (including phenoxy) is 1. The highest BCUT2D eigenvalue weighted by Crippen LogP contribution is 2.23. The first kappa shape index (κ1) is 16.0. The van der Waals surface area contributed by atoms with Gasteiger partial charge in [0.2, 0.25) is 0 Å². The van der Waals surface area contributed by atoms with Gasteiger partial charge in [-0.25, -0.2) is 0 Å². The molecule has 4 nitrogen and oxygen atoms in total. The molecule has 0 aliphatic carbocycles. The van der Waals surface area contributed by atoms with Gasteiger partial charge in [-0.3, -0.25) is 4.90 Å². The van der Waals surface area contributed by atoms with E-state index in [2.05, 4.69) is 16.8 Å². The van der Waals surface area contributed by atoms with E-state index in [9.17, 15) is 0 Å². The summed E-state index contributed by atoms with van der Waals surface area (Å²) in [5, 5.41) is 7.56. The smallest absolute Gasteiger partial charge is 0.124 e. The van der Waals surface area contributed by atoms with Crippen molar-refractivity contribution in [3.8, 4) is 5.75 Å². The predicted molar refractivity (Wildman–Crippen MR) is 87.6 cm³/mol. The highest BCUT2D eigenvalue weighted by molar-refractivity contribution is 5.96. The Bertz CT molecular complexity index is 459. The summed E-state index contributed by atoms with van der Waals surface area (Å²) in [6.07, 6.45) is 0.331. The minimum Gasteiger partial charge on any atom is -0.488 e. The molecule has 1 aromatic rings. The van der Waals surface area contributed by atoms with Gasteiger partial charge in [0.05, 0.1) is 0 Å². The van der Waals surface area contributed by atoms with Crippen LogP contribution in [0.4, 0.5) is 0 Å². The first-order valence-corrected chi connectivity index (χ1v) is 7.86. The van der Waals surface area contributed by atoms with Gasteiger partial charge in [0.25, 0.3) is 0 Å². The Kier molecular flexibility index (Phi) is 5.37. The van der Waals surface area contributed by atoms with E-state index in [4.69, 9.17) is 10.1 Å². The van der Waals surface area contributed by atoms with Crippen LogP contribution in [-0.4, -0.2) is 60.9 Å². The van der Waals surface area contributed by atoms with Crippen LogP contribution in [0.25, 0.3) is 0 Å². The Labute approximate surface area is 128 Å². The molecular weight excluding hydrogens is 262 g/mol. The molecule has 2 aliphatic rings. The molecule has 21 heavy (non-hydrogen) atoms. The second-order valence-corrected chi connectivity index (χ2v) is 5.72. The highest BCUT2D eigenvalue weighted by atomic mass is 16.5. The summed E-state index contributed by atoms with van der Waals surface area (Å²) in [6, 6.07) is 8.58. The number of hydrogen-bond donors (Lipinski definition) is 1. The molecule has 0 unspecified atom stereocenters. The van der Waals surface area contributed by atoms with Gasteiger partial charge in [0.15, 0.2) is 0 Å². The Hall–Kier alpha value is -1.39. The van der Waals surface area contributed by atoms with Crippen molar-refractivity contribution in [3.63, 3.8) is 0 Å². The Morgan fingerprint density at radius 1 is 1.10 bits per heavy atom. The second kappa shape index (κ2) is 7.05. The van der Waals surface area contributed by atoms with Crippen LogP contribution in [0.3, 0.4) is 0 Å². The topological polar surface area (TPSA) is 39.6 Å². The highest BCUT2D eigenvalue weighted by Gasteiger charge is 2.38. The summed E-state index contributed by atoms with van der Waals surface area (Å²) in [7, 11) is 2.16. The van der Waals surface area contributed by atoms with Crippen LogP contribution in [0.5, 0.6) is 5.75 Å². The average Bonchev–Trinajstić information content (AvgIpc) is 2.42. The van der Waals surface area contributed by atoms with E-state index in [1.54, 1.807) is 6.92 Å². The minimum absolute atomic E-state index is 0.331. The van der Waals surface area contributed by atoms with Gasteiger partial charge >= 0.3 is 0 Å². The van der Waals surface area contributed by atoms with Gasteiger partial charge in [0.1, 0.15) is 11.9 Å². The fraction of sp³-hybridized carbons (Fsp3) is 0.588. The maximum absolute atomic E-state index is 7.56. The third-order valence-electron chi connectivity index (χ3n) is 4.03. The monoisotopic (exact) mass is 289 g/mol. The molecule has 2 aliphatic heterocycles. The van der Waals surface area contributed by atoms with Gasteiger partial charge in [-0.05, 0) is 43.8 Å². The van der Waals surface area contributed by atoms with Crippen molar-refractivity contribution >= 4 is 5.71 Å². The molecular formula is C17H27N3O. The Morgan fingerprint density at radius 2 is 1.67 bits per heavy atom. The summed E-state index contributed by atoms with van der Waals surface area (Å²) in [5.41, 5.74) is 1.55. The number of benzene rings is 1. The SMILES string of the molecule is CC.CC(=N)c1ccc(OC2CN(C3CN(C)C3)C2)cc1. The minimum atomic E-state index is 0.331. The predicted octanol–water partition coefficient (Wildman–Crippen LogP) is 2.48. The number of likely N-dealkylation sites (tertiary alicyclic amines) is 2. The molecule has 0 amide bonds. The van der Waals surface area contributed by atoms with Crippen LogP contribution in [0.2, 0.25) is 0 Å². The molecule has 4 heteroatoms. The summed E-state index contributed by atoms with van der Waals surface area (Å²) in [6.45, 7) is 10.3.